The van der Waals surface area contributed by atoms with Crippen molar-refractivity contribution in [2.45, 2.75) is 34.2 Å². The fourth-order valence-corrected chi connectivity index (χ4v) is 4.05. The van der Waals surface area contributed by atoms with Gasteiger partial charge in [-0.15, -0.1) is 0 Å². The van der Waals surface area contributed by atoms with E-state index in [1.807, 2.05) is 56.3 Å². The molecule has 1 aromatic heterocycles. The predicted octanol–water partition coefficient (Wildman–Crippen LogP) is 5.13. The molecule has 0 fully saturated rings. The summed E-state index contributed by atoms with van der Waals surface area (Å²) in [6.07, 6.45) is 1.54. The third-order valence-corrected chi connectivity index (χ3v) is 6.12. The monoisotopic (exact) mass is 443 g/mol. The SMILES string of the molecule is CCN(CC)c1ccc(NC2=C(c3ccc(C)c(C)c3)C(=O)N(Cc3ccco3)C2=O)cc1. The van der Waals surface area contributed by atoms with Gasteiger partial charge in [-0.05, 0) is 80.8 Å². The summed E-state index contributed by atoms with van der Waals surface area (Å²) in [5, 5.41) is 3.23. The highest BCUT2D eigenvalue weighted by molar-refractivity contribution is 6.36. The number of benzene rings is 2. The van der Waals surface area contributed by atoms with Gasteiger partial charge in [0.05, 0.1) is 18.4 Å². The van der Waals surface area contributed by atoms with Crippen molar-refractivity contribution in [3.05, 3.63) is 89.0 Å². The molecule has 0 aliphatic carbocycles. The molecule has 0 radical (unpaired) electrons. The highest BCUT2D eigenvalue weighted by Crippen LogP contribution is 2.32. The zero-order chi connectivity index (χ0) is 23.5. The van der Waals surface area contributed by atoms with E-state index in [1.165, 1.54) is 11.2 Å². The lowest BCUT2D eigenvalue weighted by Gasteiger charge is -2.21. The smallest absolute Gasteiger partial charge is 0.278 e. The van der Waals surface area contributed by atoms with Crippen LogP contribution in [0.1, 0.15) is 36.3 Å². The molecule has 2 aromatic carbocycles. The van der Waals surface area contributed by atoms with Crippen LogP contribution in [0.5, 0.6) is 0 Å². The van der Waals surface area contributed by atoms with Gasteiger partial charge in [0.1, 0.15) is 11.5 Å². The van der Waals surface area contributed by atoms with E-state index in [-0.39, 0.29) is 24.1 Å². The van der Waals surface area contributed by atoms with E-state index in [0.717, 1.165) is 41.2 Å². The first kappa shape index (κ1) is 22.4. The van der Waals surface area contributed by atoms with Crippen molar-refractivity contribution in [2.75, 3.05) is 23.3 Å². The van der Waals surface area contributed by atoms with Gasteiger partial charge in [-0.1, -0.05) is 18.2 Å². The summed E-state index contributed by atoms with van der Waals surface area (Å²) >= 11 is 0. The summed E-state index contributed by atoms with van der Waals surface area (Å²) in [5.74, 6) is -0.139. The Bertz CT molecular complexity index is 1190. The van der Waals surface area contributed by atoms with E-state index >= 15 is 0 Å². The van der Waals surface area contributed by atoms with Gasteiger partial charge in [-0.25, -0.2) is 0 Å². The molecule has 6 heteroatoms. The lowest BCUT2D eigenvalue weighted by atomic mass is 9.99. The number of carbonyl (C=O) groups is 2. The average Bonchev–Trinajstić information content (AvgIpc) is 3.41. The molecule has 6 nitrogen and oxygen atoms in total. The van der Waals surface area contributed by atoms with Crippen LogP contribution in [0, 0.1) is 13.8 Å². The maximum atomic E-state index is 13.4. The summed E-state index contributed by atoms with van der Waals surface area (Å²) in [4.78, 5) is 30.3. The molecular weight excluding hydrogens is 414 g/mol. The van der Waals surface area contributed by atoms with Crippen LogP contribution in [0.25, 0.3) is 5.57 Å². The third kappa shape index (κ3) is 4.42. The van der Waals surface area contributed by atoms with Gasteiger partial charge < -0.3 is 14.6 Å². The van der Waals surface area contributed by atoms with Crippen molar-refractivity contribution >= 4 is 28.8 Å². The summed E-state index contributed by atoms with van der Waals surface area (Å²) in [6, 6.07) is 17.2. The number of furan rings is 1. The molecule has 2 amide bonds. The molecule has 0 saturated heterocycles. The molecule has 4 rings (SSSR count). The van der Waals surface area contributed by atoms with Crippen molar-refractivity contribution in [1.29, 1.82) is 0 Å². The van der Waals surface area contributed by atoms with Gasteiger partial charge in [-0.2, -0.15) is 0 Å². The van der Waals surface area contributed by atoms with Crippen molar-refractivity contribution in [3.63, 3.8) is 0 Å². The predicted molar refractivity (Wildman–Crippen MR) is 131 cm³/mol. The summed E-state index contributed by atoms with van der Waals surface area (Å²) in [6.45, 7) is 10.2. The molecule has 0 unspecified atom stereocenters. The maximum absolute atomic E-state index is 13.4. The Hall–Kier alpha value is -3.80. The van der Waals surface area contributed by atoms with E-state index in [4.69, 9.17) is 4.42 Å². The minimum absolute atomic E-state index is 0.0884. The Labute approximate surface area is 194 Å². The quantitative estimate of drug-likeness (QED) is 0.489. The number of amides is 2. The fourth-order valence-electron chi connectivity index (χ4n) is 4.05. The van der Waals surface area contributed by atoms with Gasteiger partial charge in [0.25, 0.3) is 11.8 Å². The largest absolute Gasteiger partial charge is 0.467 e. The van der Waals surface area contributed by atoms with Crippen molar-refractivity contribution in [2.24, 2.45) is 0 Å². The number of hydrogen-bond donors (Lipinski definition) is 1. The first-order valence-corrected chi connectivity index (χ1v) is 11.3. The van der Waals surface area contributed by atoms with Crippen LogP contribution in [-0.2, 0) is 16.1 Å². The van der Waals surface area contributed by atoms with E-state index in [2.05, 4.69) is 24.1 Å². The third-order valence-electron chi connectivity index (χ3n) is 6.12. The zero-order valence-electron chi connectivity index (χ0n) is 19.5. The second-order valence-corrected chi connectivity index (χ2v) is 8.17. The molecule has 1 aliphatic rings. The molecule has 0 spiro atoms. The maximum Gasteiger partial charge on any atom is 0.278 e. The van der Waals surface area contributed by atoms with E-state index in [1.54, 1.807) is 12.1 Å². The number of anilines is 2. The molecule has 0 saturated carbocycles. The Morgan fingerprint density at radius 1 is 0.909 bits per heavy atom. The second kappa shape index (κ2) is 9.36. The first-order chi connectivity index (χ1) is 15.9. The van der Waals surface area contributed by atoms with Crippen molar-refractivity contribution in [1.82, 2.24) is 4.90 Å². The summed E-state index contributed by atoms with van der Waals surface area (Å²) in [7, 11) is 0. The van der Waals surface area contributed by atoms with E-state index < -0.39 is 0 Å². The Balaban J connectivity index is 1.71. The Kier molecular flexibility index (Phi) is 6.36. The number of rotatable bonds is 8. The highest BCUT2D eigenvalue weighted by atomic mass is 16.3. The molecule has 1 aliphatic heterocycles. The van der Waals surface area contributed by atoms with Gasteiger partial charge in [0, 0.05) is 24.5 Å². The topological polar surface area (TPSA) is 65.8 Å². The normalized spacial score (nSPS) is 13.8. The van der Waals surface area contributed by atoms with Gasteiger partial charge in [-0.3, -0.25) is 14.5 Å². The van der Waals surface area contributed by atoms with Crippen molar-refractivity contribution < 1.29 is 14.0 Å². The van der Waals surface area contributed by atoms with Crippen LogP contribution in [0.4, 0.5) is 11.4 Å². The molecule has 2 heterocycles. The minimum Gasteiger partial charge on any atom is -0.467 e. The number of hydrogen-bond acceptors (Lipinski definition) is 5. The summed E-state index contributed by atoms with van der Waals surface area (Å²) < 4.78 is 5.39. The number of nitrogens with one attached hydrogen (secondary N) is 1. The van der Waals surface area contributed by atoms with Crippen LogP contribution < -0.4 is 10.2 Å². The molecule has 0 atom stereocenters. The Morgan fingerprint density at radius 3 is 2.24 bits per heavy atom. The average molecular weight is 444 g/mol. The van der Waals surface area contributed by atoms with Gasteiger partial charge >= 0.3 is 0 Å². The van der Waals surface area contributed by atoms with E-state index in [9.17, 15) is 9.59 Å². The zero-order valence-corrected chi connectivity index (χ0v) is 19.5. The number of imide groups is 1. The van der Waals surface area contributed by atoms with Crippen LogP contribution in [0.2, 0.25) is 0 Å². The van der Waals surface area contributed by atoms with Crippen LogP contribution in [-0.4, -0.2) is 29.8 Å². The van der Waals surface area contributed by atoms with Gasteiger partial charge in [0.15, 0.2) is 0 Å². The standard InChI is InChI=1S/C27H29N3O3/c1-5-29(6-2)22-13-11-21(12-14-22)28-25-24(20-10-9-18(3)19(4)16-20)26(31)30(27(25)32)17-23-8-7-15-33-23/h7-16,28H,5-6,17H2,1-4H3. The lowest BCUT2D eigenvalue weighted by Crippen LogP contribution is -2.31. The Morgan fingerprint density at radius 2 is 1.64 bits per heavy atom. The number of aryl methyl sites for hydroxylation is 2. The fraction of sp³-hybridized carbons (Fsp3) is 0.259. The lowest BCUT2D eigenvalue weighted by molar-refractivity contribution is -0.137. The molecule has 33 heavy (non-hydrogen) atoms. The highest BCUT2D eigenvalue weighted by Gasteiger charge is 2.39. The molecule has 0 bridgehead atoms. The second-order valence-electron chi connectivity index (χ2n) is 8.17. The summed E-state index contributed by atoms with van der Waals surface area (Å²) in [5.41, 5.74) is 5.44. The molecule has 1 N–H and O–H groups in total. The molecular formula is C27H29N3O3. The first-order valence-electron chi connectivity index (χ1n) is 11.3. The number of carbonyl (C=O) groups excluding carboxylic acids is 2. The van der Waals surface area contributed by atoms with Crippen LogP contribution in [0.15, 0.2) is 71.0 Å². The van der Waals surface area contributed by atoms with Gasteiger partial charge in [0.2, 0.25) is 0 Å². The molecule has 3 aromatic rings. The van der Waals surface area contributed by atoms with Crippen molar-refractivity contribution in [3.8, 4) is 0 Å². The molecule has 170 valence electrons. The number of nitrogens with zero attached hydrogens (tertiary/aromatic N) is 2. The van der Waals surface area contributed by atoms with Crippen LogP contribution >= 0.6 is 0 Å². The van der Waals surface area contributed by atoms with Crippen LogP contribution in [0.3, 0.4) is 0 Å². The minimum atomic E-state index is -0.363. The van der Waals surface area contributed by atoms with E-state index in [0.29, 0.717) is 11.3 Å².